The summed E-state index contributed by atoms with van der Waals surface area (Å²) in [4.78, 5) is 32.5. The molecule has 0 aliphatic heterocycles. The van der Waals surface area contributed by atoms with Crippen molar-refractivity contribution in [1.29, 1.82) is 0 Å². The molecule has 2 N–H and O–H groups in total. The van der Waals surface area contributed by atoms with Gasteiger partial charge >= 0.3 is 6.18 Å². The van der Waals surface area contributed by atoms with E-state index in [1.54, 1.807) is 24.5 Å². The summed E-state index contributed by atoms with van der Waals surface area (Å²) < 4.78 is 38.1. The highest BCUT2D eigenvalue weighted by Crippen LogP contribution is 2.21. The number of hydrogen-bond donors (Lipinski definition) is 2. The smallest absolute Gasteiger partial charge is 0.352 e. The second kappa shape index (κ2) is 9.75. The molecule has 3 heterocycles. The van der Waals surface area contributed by atoms with Crippen molar-refractivity contribution in [3.05, 3.63) is 59.3 Å². The Hall–Kier alpha value is -3.50. The van der Waals surface area contributed by atoms with Gasteiger partial charge in [-0.05, 0) is 29.2 Å². The van der Waals surface area contributed by atoms with Gasteiger partial charge in [-0.15, -0.1) is 0 Å². The molecule has 0 aliphatic carbocycles. The summed E-state index contributed by atoms with van der Waals surface area (Å²) in [6, 6.07) is 3.46. The minimum atomic E-state index is -4.37. The van der Waals surface area contributed by atoms with Crippen LogP contribution in [0.4, 0.5) is 13.2 Å². The van der Waals surface area contributed by atoms with Crippen LogP contribution in [0.2, 0.25) is 0 Å². The van der Waals surface area contributed by atoms with Crippen LogP contribution in [-0.4, -0.2) is 37.6 Å². The van der Waals surface area contributed by atoms with Crippen LogP contribution < -0.4 is 10.6 Å². The average molecular weight is 448 g/mol. The van der Waals surface area contributed by atoms with Gasteiger partial charge in [0, 0.05) is 25.4 Å². The number of carbonyl (C=O) groups excluding carboxylic acids is 2. The summed E-state index contributed by atoms with van der Waals surface area (Å²) in [5, 5.41) is 9.41. The van der Waals surface area contributed by atoms with E-state index in [4.69, 9.17) is 0 Å². The van der Waals surface area contributed by atoms with Gasteiger partial charge in [0.25, 0.3) is 5.91 Å². The highest BCUT2D eigenvalue weighted by molar-refractivity contribution is 5.94. The van der Waals surface area contributed by atoms with E-state index >= 15 is 0 Å². The predicted octanol–water partition coefficient (Wildman–Crippen LogP) is 3.14. The zero-order valence-electron chi connectivity index (χ0n) is 17.6. The number of carbonyl (C=O) groups is 2. The van der Waals surface area contributed by atoms with Gasteiger partial charge in [-0.2, -0.15) is 18.3 Å². The Kier molecular flexibility index (Phi) is 7.06. The molecule has 11 heteroatoms. The van der Waals surface area contributed by atoms with Crippen LogP contribution in [0.3, 0.4) is 0 Å². The lowest BCUT2D eigenvalue weighted by Gasteiger charge is -2.07. The van der Waals surface area contributed by atoms with Gasteiger partial charge in [0.05, 0.1) is 36.6 Å². The molecule has 0 aliphatic rings. The van der Waals surface area contributed by atoms with Gasteiger partial charge in [0.1, 0.15) is 0 Å². The van der Waals surface area contributed by atoms with Gasteiger partial charge in [-0.25, -0.2) is 9.50 Å². The Balaban J connectivity index is 1.57. The van der Waals surface area contributed by atoms with Gasteiger partial charge in [-0.1, -0.05) is 13.8 Å². The quantitative estimate of drug-likeness (QED) is 0.551. The van der Waals surface area contributed by atoms with Crippen molar-refractivity contribution >= 4 is 17.5 Å². The lowest BCUT2D eigenvalue weighted by Crippen LogP contribution is -2.24. The fraction of sp³-hybridized carbons (Fsp3) is 0.381. The van der Waals surface area contributed by atoms with E-state index in [9.17, 15) is 22.8 Å². The number of nitrogens with one attached hydrogen (secondary N) is 2. The summed E-state index contributed by atoms with van der Waals surface area (Å²) in [6.07, 6.45) is 0.222. The van der Waals surface area contributed by atoms with Gasteiger partial charge < -0.3 is 10.6 Å². The Morgan fingerprint density at radius 2 is 1.88 bits per heavy atom. The number of aromatic nitrogens is 4. The van der Waals surface area contributed by atoms with E-state index in [1.165, 1.54) is 16.9 Å². The molecule has 0 bridgehead atoms. The van der Waals surface area contributed by atoms with Crippen LogP contribution in [0.25, 0.3) is 5.65 Å². The van der Waals surface area contributed by atoms with E-state index in [1.807, 2.05) is 13.8 Å². The number of fused-ring (bicyclic) bond motifs is 1. The van der Waals surface area contributed by atoms with E-state index in [-0.39, 0.29) is 24.9 Å². The molecule has 0 fully saturated rings. The number of alkyl halides is 3. The molecule has 0 atom stereocenters. The van der Waals surface area contributed by atoms with Crippen molar-refractivity contribution in [2.75, 3.05) is 0 Å². The zero-order valence-corrected chi connectivity index (χ0v) is 17.6. The molecule has 3 aromatic heterocycles. The third kappa shape index (κ3) is 6.50. The number of hydrogen-bond acceptors (Lipinski definition) is 5. The molecule has 32 heavy (non-hydrogen) atoms. The third-order valence-electron chi connectivity index (χ3n) is 4.67. The number of imidazole rings is 1. The number of nitrogens with zero attached hydrogens (tertiary/aromatic N) is 4. The lowest BCUT2D eigenvalue weighted by atomic mass is 10.0. The monoisotopic (exact) mass is 448 g/mol. The number of amides is 2. The fourth-order valence-electron chi connectivity index (χ4n) is 2.86. The third-order valence-corrected chi connectivity index (χ3v) is 4.67. The van der Waals surface area contributed by atoms with Crippen molar-refractivity contribution in [2.45, 2.75) is 51.9 Å². The summed E-state index contributed by atoms with van der Waals surface area (Å²) >= 11 is 0. The van der Waals surface area contributed by atoms with Crippen molar-refractivity contribution in [3.8, 4) is 0 Å². The van der Waals surface area contributed by atoms with Crippen LogP contribution in [0.1, 0.15) is 59.8 Å². The molecule has 0 radical (unpaired) electrons. The fourth-order valence-corrected chi connectivity index (χ4v) is 2.86. The maximum absolute atomic E-state index is 12.4. The highest BCUT2D eigenvalue weighted by atomic mass is 19.4. The molecule has 2 amide bonds. The predicted molar refractivity (Wildman–Crippen MR) is 110 cm³/mol. The second-order valence-electron chi connectivity index (χ2n) is 7.64. The van der Waals surface area contributed by atoms with Crippen molar-refractivity contribution in [3.63, 3.8) is 0 Å². The Bertz CT molecular complexity index is 1110. The standard InChI is InChI=1S/C21H23F3N6O2/c1-13(2)15-6-16(10-25-9-15)20(32)27-11-17-12-30-18(29-17)5-14(8-28-30)7-26-19(31)3-4-21(22,23)24/h5-6,8-10,12-13H,3-4,7,11H2,1-2H3,(H,26,31)(H,27,32). The van der Waals surface area contributed by atoms with Crippen molar-refractivity contribution < 1.29 is 22.8 Å². The number of pyridine rings is 1. The first-order chi connectivity index (χ1) is 15.1. The second-order valence-corrected chi connectivity index (χ2v) is 7.64. The topological polar surface area (TPSA) is 101 Å². The molecular weight excluding hydrogens is 425 g/mol. The Morgan fingerprint density at radius 1 is 1.09 bits per heavy atom. The minimum Gasteiger partial charge on any atom is -0.352 e. The summed E-state index contributed by atoms with van der Waals surface area (Å²) in [6.45, 7) is 4.26. The van der Waals surface area contributed by atoms with Crippen LogP contribution in [0, 0.1) is 0 Å². The molecule has 0 saturated heterocycles. The minimum absolute atomic E-state index is 0.0400. The number of halogens is 3. The van der Waals surface area contributed by atoms with E-state index in [0.717, 1.165) is 5.56 Å². The largest absolute Gasteiger partial charge is 0.389 e. The molecule has 170 valence electrons. The first kappa shape index (κ1) is 23.2. The zero-order chi connectivity index (χ0) is 23.3. The van der Waals surface area contributed by atoms with Crippen LogP contribution >= 0.6 is 0 Å². The normalized spacial score (nSPS) is 11.7. The average Bonchev–Trinajstić information content (AvgIpc) is 3.16. The maximum Gasteiger partial charge on any atom is 0.389 e. The van der Waals surface area contributed by atoms with Gasteiger partial charge in [0.2, 0.25) is 5.91 Å². The molecule has 0 unspecified atom stereocenters. The van der Waals surface area contributed by atoms with E-state index in [2.05, 4.69) is 25.7 Å². The molecule has 3 aromatic rings. The van der Waals surface area contributed by atoms with Crippen LogP contribution in [0.5, 0.6) is 0 Å². The Morgan fingerprint density at radius 3 is 2.59 bits per heavy atom. The molecule has 8 nitrogen and oxygen atoms in total. The molecule has 3 rings (SSSR count). The van der Waals surface area contributed by atoms with Gasteiger partial charge in [-0.3, -0.25) is 14.6 Å². The van der Waals surface area contributed by atoms with E-state index in [0.29, 0.717) is 22.5 Å². The molecule has 0 aromatic carbocycles. The summed E-state index contributed by atoms with van der Waals surface area (Å²) in [7, 11) is 0. The number of rotatable bonds is 8. The van der Waals surface area contributed by atoms with Crippen LogP contribution in [0.15, 0.2) is 36.9 Å². The Labute approximate surface area is 182 Å². The summed E-state index contributed by atoms with van der Waals surface area (Å²) in [5.41, 5.74) is 3.08. The van der Waals surface area contributed by atoms with Crippen molar-refractivity contribution in [2.24, 2.45) is 0 Å². The first-order valence-corrected chi connectivity index (χ1v) is 10.0. The lowest BCUT2D eigenvalue weighted by molar-refractivity contribution is -0.144. The van der Waals surface area contributed by atoms with Crippen molar-refractivity contribution in [1.82, 2.24) is 30.2 Å². The highest BCUT2D eigenvalue weighted by Gasteiger charge is 2.27. The maximum atomic E-state index is 12.4. The SMILES string of the molecule is CC(C)c1cncc(C(=O)NCc2cn3ncc(CNC(=O)CCC(F)(F)F)cc3n2)c1. The molecular formula is C21H23F3N6O2. The van der Waals surface area contributed by atoms with Crippen LogP contribution in [-0.2, 0) is 17.9 Å². The molecule has 0 spiro atoms. The van der Waals surface area contributed by atoms with E-state index < -0.39 is 24.9 Å². The summed E-state index contributed by atoms with van der Waals surface area (Å²) in [5.74, 6) is -0.708. The first-order valence-electron chi connectivity index (χ1n) is 10.0. The van der Waals surface area contributed by atoms with Gasteiger partial charge in [0.15, 0.2) is 5.65 Å². The molecule has 0 saturated carbocycles.